The van der Waals surface area contributed by atoms with Crippen LogP contribution in [0.4, 0.5) is 23.2 Å². The van der Waals surface area contributed by atoms with Gasteiger partial charge in [-0.1, -0.05) is 35.3 Å². The van der Waals surface area contributed by atoms with Crippen molar-refractivity contribution in [3.05, 3.63) is 93.0 Å². The molecule has 3 fully saturated rings. The SMILES string of the molecule is Cc1nc2c(F)c(-c3cccc(Cl)c3Cl)c(CCC#N)cc2c2[nH]c(C3C4CC(C(=O)N(c5ccc(C(F)(F)F)cc5)C4)N3C(=O)C3CC3)cc12. The first-order valence-electron chi connectivity index (χ1n) is 16.6. The van der Waals surface area contributed by atoms with E-state index in [0.717, 1.165) is 25.0 Å². The molecular weight excluding hydrogens is 705 g/mol. The molecule has 1 aliphatic carbocycles. The van der Waals surface area contributed by atoms with Crippen molar-refractivity contribution in [3.8, 4) is 17.2 Å². The second-order valence-electron chi connectivity index (χ2n) is 13.6. The number of rotatable bonds is 6. The molecule has 0 spiro atoms. The molecule has 13 heteroatoms. The van der Waals surface area contributed by atoms with Gasteiger partial charge < -0.3 is 14.8 Å². The van der Waals surface area contributed by atoms with E-state index in [2.05, 4.69) is 11.1 Å². The van der Waals surface area contributed by atoms with Crippen molar-refractivity contribution >= 4 is 62.5 Å². The number of carbonyl (C=O) groups excluding carboxylic acids is 2. The van der Waals surface area contributed by atoms with Crippen LogP contribution in [0.3, 0.4) is 0 Å². The molecule has 1 N–H and O–H groups in total. The van der Waals surface area contributed by atoms with Crippen LogP contribution in [0, 0.1) is 35.9 Å². The highest BCUT2D eigenvalue weighted by atomic mass is 35.5. The fourth-order valence-electron chi connectivity index (χ4n) is 7.88. The topological polar surface area (TPSA) is 93.1 Å². The van der Waals surface area contributed by atoms with Gasteiger partial charge in [0.2, 0.25) is 11.8 Å². The van der Waals surface area contributed by atoms with Crippen LogP contribution >= 0.6 is 23.2 Å². The number of nitrogens with zero attached hydrogens (tertiary/aromatic N) is 4. The molecule has 5 aromatic rings. The first-order chi connectivity index (χ1) is 24.4. The summed E-state index contributed by atoms with van der Waals surface area (Å²) in [6.07, 6.45) is -2.30. The molecule has 2 amide bonds. The lowest BCUT2D eigenvalue weighted by molar-refractivity contribution is -0.140. The number of aryl methyl sites for hydroxylation is 2. The number of nitrogens with one attached hydrogen (secondary N) is 1. The number of aromatic amines is 1. The summed E-state index contributed by atoms with van der Waals surface area (Å²) < 4.78 is 56.6. The Hall–Kier alpha value is -4.66. The number of hydrogen-bond donors (Lipinski definition) is 1. The number of amides is 2. The molecule has 260 valence electrons. The zero-order chi connectivity index (χ0) is 35.9. The molecule has 2 aliphatic heterocycles. The average molecular weight is 735 g/mol. The van der Waals surface area contributed by atoms with Crippen LogP contribution in [-0.4, -0.2) is 39.3 Å². The number of fused-ring (bicyclic) bond motifs is 5. The van der Waals surface area contributed by atoms with E-state index in [1.807, 2.05) is 12.1 Å². The molecule has 2 saturated heterocycles. The number of anilines is 1. The van der Waals surface area contributed by atoms with Gasteiger partial charge in [0.15, 0.2) is 5.82 Å². The summed E-state index contributed by atoms with van der Waals surface area (Å²) in [5.41, 5.74) is 2.57. The van der Waals surface area contributed by atoms with Crippen LogP contribution in [-0.2, 0) is 22.2 Å². The minimum atomic E-state index is -4.52. The molecule has 7 nitrogen and oxygen atoms in total. The Morgan fingerprint density at radius 1 is 1.10 bits per heavy atom. The number of halogens is 6. The maximum absolute atomic E-state index is 16.7. The zero-order valence-corrected chi connectivity index (χ0v) is 28.6. The van der Waals surface area contributed by atoms with E-state index in [9.17, 15) is 28.0 Å². The molecule has 0 radical (unpaired) electrons. The van der Waals surface area contributed by atoms with Gasteiger partial charge in [-0.15, -0.1) is 0 Å². The van der Waals surface area contributed by atoms with Crippen molar-refractivity contribution in [1.82, 2.24) is 14.9 Å². The summed E-state index contributed by atoms with van der Waals surface area (Å²) >= 11 is 12.9. The fraction of sp³-hybridized carbons (Fsp3) is 0.316. The number of carbonyl (C=O) groups is 2. The third-order valence-corrected chi connectivity index (χ3v) is 11.2. The van der Waals surface area contributed by atoms with E-state index in [-0.39, 0.29) is 64.2 Å². The molecule has 8 rings (SSSR count). The van der Waals surface area contributed by atoms with E-state index >= 15 is 4.39 Å². The normalized spacial score (nSPS) is 20.4. The van der Waals surface area contributed by atoms with Crippen LogP contribution in [0.5, 0.6) is 0 Å². The Morgan fingerprint density at radius 2 is 1.84 bits per heavy atom. The number of alkyl halides is 3. The van der Waals surface area contributed by atoms with Crippen molar-refractivity contribution in [2.75, 3.05) is 11.4 Å². The number of benzene rings is 3. The number of aromatic nitrogens is 2. The number of piperidine rings is 1. The van der Waals surface area contributed by atoms with Gasteiger partial charge >= 0.3 is 6.18 Å². The van der Waals surface area contributed by atoms with Gasteiger partial charge in [0.05, 0.1) is 33.2 Å². The predicted octanol–water partition coefficient (Wildman–Crippen LogP) is 9.33. The van der Waals surface area contributed by atoms with Gasteiger partial charge in [-0.25, -0.2) is 9.37 Å². The maximum atomic E-state index is 16.7. The molecule has 1 saturated carbocycles. The van der Waals surface area contributed by atoms with Crippen LogP contribution in [0.1, 0.15) is 54.2 Å². The summed E-state index contributed by atoms with van der Waals surface area (Å²) in [4.78, 5) is 39.2. The Kier molecular flexibility index (Phi) is 8.04. The highest BCUT2D eigenvalue weighted by molar-refractivity contribution is 6.43. The smallest absolute Gasteiger partial charge is 0.356 e. The van der Waals surface area contributed by atoms with Gasteiger partial charge in [0.25, 0.3) is 0 Å². The lowest BCUT2D eigenvalue weighted by Gasteiger charge is -2.32. The Balaban J connectivity index is 1.26. The van der Waals surface area contributed by atoms with E-state index < -0.39 is 29.6 Å². The van der Waals surface area contributed by atoms with Gasteiger partial charge in [-0.2, -0.15) is 18.4 Å². The monoisotopic (exact) mass is 733 g/mol. The van der Waals surface area contributed by atoms with E-state index in [1.54, 1.807) is 30.0 Å². The van der Waals surface area contributed by atoms with Crippen molar-refractivity contribution in [3.63, 3.8) is 0 Å². The molecule has 3 aliphatic rings. The number of hydrogen-bond acceptors (Lipinski definition) is 4. The molecule has 2 bridgehead atoms. The second kappa shape index (κ2) is 12.2. The van der Waals surface area contributed by atoms with Crippen LogP contribution < -0.4 is 4.90 Å². The zero-order valence-electron chi connectivity index (χ0n) is 27.1. The Morgan fingerprint density at radius 3 is 2.53 bits per heavy atom. The third-order valence-electron chi connectivity index (χ3n) is 10.4. The van der Waals surface area contributed by atoms with Crippen molar-refractivity contribution < 1.29 is 27.2 Å². The first-order valence-corrected chi connectivity index (χ1v) is 17.4. The second-order valence-corrected chi connectivity index (χ2v) is 14.3. The van der Waals surface area contributed by atoms with Gasteiger partial charge in [-0.05, 0) is 80.6 Å². The van der Waals surface area contributed by atoms with Crippen molar-refractivity contribution in [1.29, 1.82) is 5.26 Å². The largest absolute Gasteiger partial charge is 0.416 e. The summed E-state index contributed by atoms with van der Waals surface area (Å²) in [5.74, 6) is -1.49. The number of likely N-dealkylation sites (tertiary alicyclic amines) is 1. The average Bonchev–Trinajstić information content (AvgIpc) is 3.77. The molecule has 4 heterocycles. The minimum absolute atomic E-state index is 0.0971. The molecular formula is C38H29Cl2F4N5O2. The van der Waals surface area contributed by atoms with Crippen molar-refractivity contribution in [2.24, 2.45) is 11.8 Å². The number of pyridine rings is 1. The lowest BCUT2D eigenvalue weighted by atomic mass is 9.92. The van der Waals surface area contributed by atoms with Gasteiger partial charge in [0.1, 0.15) is 11.6 Å². The molecule has 2 aromatic heterocycles. The Labute approximate surface area is 299 Å². The predicted molar refractivity (Wildman–Crippen MR) is 186 cm³/mol. The number of nitriles is 1. The summed E-state index contributed by atoms with van der Waals surface area (Å²) in [6, 6.07) is 14.0. The molecule has 51 heavy (non-hydrogen) atoms. The molecule has 3 aromatic carbocycles. The van der Waals surface area contributed by atoms with E-state index in [0.29, 0.717) is 50.9 Å². The standard InChI is InChI=1S/C38H29Cl2F4N5O2/c1-18-25-16-28(47-33(25)26-14-20(4-3-13-45)30(32(41)34(26)46-18)24-5-2-6-27(39)31(24)40)35-21-15-29(49(35)36(50)19-7-8-19)37(51)48(17-21)23-11-9-22(10-12-23)38(42,43)44/h2,5-6,9-12,14,16,19,21,29,35,47H,3-4,7-8,15,17H2,1H3. The first kappa shape index (κ1) is 33.5. The van der Waals surface area contributed by atoms with E-state index in [4.69, 9.17) is 28.2 Å². The van der Waals surface area contributed by atoms with Gasteiger partial charge in [0, 0.05) is 63.8 Å². The van der Waals surface area contributed by atoms with Crippen LogP contribution in [0.15, 0.2) is 54.6 Å². The van der Waals surface area contributed by atoms with Crippen LogP contribution in [0.2, 0.25) is 10.0 Å². The molecule has 3 atom stereocenters. The third kappa shape index (κ3) is 5.51. The minimum Gasteiger partial charge on any atom is -0.356 e. The van der Waals surface area contributed by atoms with Crippen molar-refractivity contribution in [2.45, 2.75) is 57.3 Å². The molecule has 3 unspecified atom stereocenters. The summed E-state index contributed by atoms with van der Waals surface area (Å²) in [7, 11) is 0. The highest BCUT2D eigenvalue weighted by Crippen LogP contribution is 2.50. The Bertz CT molecular complexity index is 2310. The quantitative estimate of drug-likeness (QED) is 0.176. The van der Waals surface area contributed by atoms with Crippen LogP contribution in [0.25, 0.3) is 32.9 Å². The highest BCUT2D eigenvalue weighted by Gasteiger charge is 2.55. The summed E-state index contributed by atoms with van der Waals surface area (Å²) in [6.45, 7) is 1.97. The maximum Gasteiger partial charge on any atom is 0.416 e. The lowest BCUT2D eigenvalue weighted by Crippen LogP contribution is -2.49. The number of H-pyrrole nitrogens is 1. The van der Waals surface area contributed by atoms with Gasteiger partial charge in [-0.3, -0.25) is 9.59 Å². The van der Waals surface area contributed by atoms with E-state index in [1.165, 1.54) is 17.0 Å². The fourth-order valence-corrected chi connectivity index (χ4v) is 8.27. The summed E-state index contributed by atoms with van der Waals surface area (Å²) in [5, 5.41) is 11.1.